The highest BCUT2D eigenvalue weighted by Gasteiger charge is 2.41. The molecule has 3 N–H and O–H groups in total. The van der Waals surface area contributed by atoms with Crippen molar-refractivity contribution in [3.8, 4) is 0 Å². The van der Waals surface area contributed by atoms with Crippen LogP contribution in [-0.4, -0.2) is 28.3 Å². The number of rotatable bonds is 6. The lowest BCUT2D eigenvalue weighted by Gasteiger charge is -2.14. The van der Waals surface area contributed by atoms with Crippen LogP contribution in [0.25, 0.3) is 0 Å². The van der Waals surface area contributed by atoms with E-state index in [2.05, 4.69) is 5.32 Å². The van der Waals surface area contributed by atoms with Crippen LogP contribution >= 0.6 is 0 Å². The van der Waals surface area contributed by atoms with E-state index >= 15 is 0 Å². The molecule has 18 heavy (non-hydrogen) atoms. The summed E-state index contributed by atoms with van der Waals surface area (Å²) in [7, 11) is 0. The fourth-order valence-corrected chi connectivity index (χ4v) is 1.90. The molecule has 4 heteroatoms. The number of carboxylic acids is 1. The lowest BCUT2D eigenvalue weighted by Crippen LogP contribution is -2.34. The maximum absolute atomic E-state index is 10.8. The van der Waals surface area contributed by atoms with Gasteiger partial charge in [-0.1, -0.05) is 24.3 Å². The number of carbonyl (C=O) groups is 1. The second-order valence-corrected chi connectivity index (χ2v) is 5.09. The lowest BCUT2D eigenvalue weighted by molar-refractivity contribution is -0.138. The van der Waals surface area contributed by atoms with Crippen LogP contribution in [0.2, 0.25) is 0 Å². The molecule has 1 aromatic rings. The van der Waals surface area contributed by atoms with Crippen molar-refractivity contribution in [1.82, 2.24) is 5.32 Å². The first-order valence-electron chi connectivity index (χ1n) is 6.24. The van der Waals surface area contributed by atoms with Crippen molar-refractivity contribution >= 4 is 5.97 Å². The Kier molecular flexibility index (Phi) is 3.68. The Balaban J connectivity index is 1.93. The predicted molar refractivity (Wildman–Crippen MR) is 68.4 cm³/mol. The standard InChI is InChI=1S/C14H19NO3/c1-10(13(17)18)12-4-2-11(3-5-12)8-15-14(9-16)6-7-14/h2-5,10,15-16H,6-9H2,1H3,(H,17,18). The minimum Gasteiger partial charge on any atom is -0.481 e. The summed E-state index contributed by atoms with van der Waals surface area (Å²) in [6, 6.07) is 7.59. The summed E-state index contributed by atoms with van der Waals surface area (Å²) in [4.78, 5) is 10.8. The van der Waals surface area contributed by atoms with E-state index in [1.165, 1.54) is 0 Å². The molecule has 0 bridgehead atoms. The summed E-state index contributed by atoms with van der Waals surface area (Å²) >= 11 is 0. The van der Waals surface area contributed by atoms with Crippen LogP contribution < -0.4 is 5.32 Å². The molecule has 1 aliphatic rings. The quantitative estimate of drug-likeness (QED) is 0.714. The minimum atomic E-state index is -0.807. The third kappa shape index (κ3) is 2.89. The van der Waals surface area contributed by atoms with Crippen molar-refractivity contribution in [1.29, 1.82) is 0 Å². The predicted octanol–water partition coefficient (Wildman–Crippen LogP) is 1.49. The molecule has 2 rings (SSSR count). The van der Waals surface area contributed by atoms with Crippen LogP contribution in [0.1, 0.15) is 36.8 Å². The van der Waals surface area contributed by atoms with Crippen molar-refractivity contribution in [2.45, 2.75) is 37.8 Å². The minimum absolute atomic E-state index is 0.0625. The first-order valence-corrected chi connectivity index (χ1v) is 6.24. The van der Waals surface area contributed by atoms with E-state index in [4.69, 9.17) is 5.11 Å². The van der Waals surface area contributed by atoms with Gasteiger partial charge in [0.2, 0.25) is 0 Å². The number of aliphatic hydroxyl groups is 1. The number of carboxylic acid groups (broad SMARTS) is 1. The Morgan fingerprint density at radius 3 is 2.44 bits per heavy atom. The van der Waals surface area contributed by atoms with Crippen LogP contribution in [0.3, 0.4) is 0 Å². The average Bonchev–Trinajstić information content (AvgIpc) is 3.17. The van der Waals surface area contributed by atoms with Crippen LogP contribution in [0.15, 0.2) is 24.3 Å². The molecule has 1 aliphatic carbocycles. The second kappa shape index (κ2) is 5.08. The van der Waals surface area contributed by atoms with Crippen molar-refractivity contribution in [2.24, 2.45) is 0 Å². The zero-order valence-electron chi connectivity index (χ0n) is 10.5. The summed E-state index contributed by atoms with van der Waals surface area (Å²) in [5.74, 6) is -1.28. The molecular weight excluding hydrogens is 230 g/mol. The Labute approximate surface area is 107 Å². The van der Waals surface area contributed by atoms with E-state index in [1.807, 2.05) is 24.3 Å². The number of aliphatic carboxylic acids is 1. The highest BCUT2D eigenvalue weighted by molar-refractivity contribution is 5.75. The van der Waals surface area contributed by atoms with E-state index in [-0.39, 0.29) is 12.1 Å². The zero-order chi connectivity index (χ0) is 13.2. The van der Waals surface area contributed by atoms with E-state index in [0.29, 0.717) is 6.54 Å². The molecule has 0 saturated heterocycles. The fraction of sp³-hybridized carbons (Fsp3) is 0.500. The van der Waals surface area contributed by atoms with Crippen molar-refractivity contribution in [3.63, 3.8) is 0 Å². The van der Waals surface area contributed by atoms with Gasteiger partial charge in [-0.05, 0) is 30.9 Å². The van der Waals surface area contributed by atoms with Gasteiger partial charge in [-0.15, -0.1) is 0 Å². The second-order valence-electron chi connectivity index (χ2n) is 5.09. The van der Waals surface area contributed by atoms with E-state index < -0.39 is 11.9 Å². The third-order valence-electron chi connectivity index (χ3n) is 3.67. The van der Waals surface area contributed by atoms with Crippen LogP contribution in [0.4, 0.5) is 0 Å². The average molecular weight is 249 g/mol. The lowest BCUT2D eigenvalue weighted by atomic mass is 10.00. The molecule has 0 spiro atoms. The van der Waals surface area contributed by atoms with Gasteiger partial charge < -0.3 is 15.5 Å². The number of hydrogen-bond acceptors (Lipinski definition) is 3. The molecule has 1 atom stereocenters. The van der Waals surface area contributed by atoms with Gasteiger partial charge in [0.25, 0.3) is 0 Å². The molecule has 0 aromatic heterocycles. The Morgan fingerprint density at radius 2 is 2.00 bits per heavy atom. The number of aliphatic hydroxyl groups excluding tert-OH is 1. The molecular formula is C14H19NO3. The molecule has 1 fully saturated rings. The summed E-state index contributed by atoms with van der Waals surface area (Å²) in [6.45, 7) is 2.57. The van der Waals surface area contributed by atoms with Crippen LogP contribution in [0.5, 0.6) is 0 Å². The van der Waals surface area contributed by atoms with E-state index in [1.54, 1.807) is 6.92 Å². The molecule has 0 heterocycles. The first kappa shape index (κ1) is 13.1. The number of nitrogens with one attached hydrogen (secondary N) is 1. The molecule has 98 valence electrons. The number of benzene rings is 1. The van der Waals surface area contributed by atoms with E-state index in [9.17, 15) is 9.90 Å². The summed E-state index contributed by atoms with van der Waals surface area (Å²) in [6.07, 6.45) is 2.05. The molecule has 0 aliphatic heterocycles. The monoisotopic (exact) mass is 249 g/mol. The normalized spacial score (nSPS) is 18.3. The molecule has 1 unspecified atom stereocenters. The van der Waals surface area contributed by atoms with Crippen LogP contribution in [-0.2, 0) is 11.3 Å². The van der Waals surface area contributed by atoms with Gasteiger partial charge >= 0.3 is 5.97 Å². The summed E-state index contributed by atoms with van der Waals surface area (Å²) in [5, 5.41) is 21.4. The largest absolute Gasteiger partial charge is 0.481 e. The SMILES string of the molecule is CC(C(=O)O)c1ccc(CNC2(CO)CC2)cc1. The zero-order valence-corrected chi connectivity index (χ0v) is 10.5. The topological polar surface area (TPSA) is 69.6 Å². The molecule has 1 saturated carbocycles. The molecule has 0 amide bonds. The van der Waals surface area contributed by atoms with Crippen molar-refractivity contribution < 1.29 is 15.0 Å². The third-order valence-corrected chi connectivity index (χ3v) is 3.67. The van der Waals surface area contributed by atoms with Crippen molar-refractivity contribution in [3.05, 3.63) is 35.4 Å². The molecule has 1 aromatic carbocycles. The van der Waals surface area contributed by atoms with Gasteiger partial charge in [-0.25, -0.2) is 0 Å². The Hall–Kier alpha value is -1.39. The Morgan fingerprint density at radius 1 is 1.39 bits per heavy atom. The highest BCUT2D eigenvalue weighted by atomic mass is 16.4. The molecule has 0 radical (unpaired) electrons. The van der Waals surface area contributed by atoms with Gasteiger partial charge in [-0.2, -0.15) is 0 Å². The smallest absolute Gasteiger partial charge is 0.310 e. The van der Waals surface area contributed by atoms with Gasteiger partial charge in [-0.3, -0.25) is 4.79 Å². The maximum Gasteiger partial charge on any atom is 0.310 e. The van der Waals surface area contributed by atoms with Crippen LogP contribution in [0, 0.1) is 0 Å². The van der Waals surface area contributed by atoms with Gasteiger partial charge in [0.05, 0.1) is 12.5 Å². The fourth-order valence-electron chi connectivity index (χ4n) is 1.90. The first-order chi connectivity index (χ1) is 8.56. The van der Waals surface area contributed by atoms with Gasteiger partial charge in [0.15, 0.2) is 0 Å². The highest BCUT2D eigenvalue weighted by Crippen LogP contribution is 2.34. The summed E-state index contributed by atoms with van der Waals surface area (Å²) < 4.78 is 0. The van der Waals surface area contributed by atoms with Gasteiger partial charge in [0, 0.05) is 12.1 Å². The Bertz CT molecular complexity index is 423. The maximum atomic E-state index is 10.8. The van der Waals surface area contributed by atoms with E-state index in [0.717, 1.165) is 24.0 Å². The molecule has 4 nitrogen and oxygen atoms in total. The van der Waals surface area contributed by atoms with Gasteiger partial charge in [0.1, 0.15) is 0 Å². The van der Waals surface area contributed by atoms with Crippen molar-refractivity contribution in [2.75, 3.05) is 6.61 Å². The summed E-state index contributed by atoms with van der Waals surface area (Å²) in [5.41, 5.74) is 1.86. The number of hydrogen-bond donors (Lipinski definition) is 3.